The molecule has 110 valence electrons. The molecule has 0 unspecified atom stereocenters. The van der Waals surface area contributed by atoms with Gasteiger partial charge in [-0.05, 0) is 29.9 Å². The molecular formula is C16H18BFO3. The first-order valence-electron chi connectivity index (χ1n) is 6.93. The van der Waals surface area contributed by atoms with Crippen LogP contribution in [0, 0.1) is 5.82 Å². The normalized spacial score (nSPS) is 10.6. The molecule has 2 aromatic carbocycles. The van der Waals surface area contributed by atoms with Crippen molar-refractivity contribution in [2.45, 2.75) is 19.4 Å². The van der Waals surface area contributed by atoms with Crippen LogP contribution in [-0.4, -0.2) is 23.8 Å². The molecule has 0 aliphatic rings. The molecule has 0 aromatic heterocycles. The average Bonchev–Trinajstić information content (AvgIpc) is 2.49. The third-order valence-electron chi connectivity index (χ3n) is 3.23. The minimum Gasteiger partial charge on any atom is -0.423 e. The highest BCUT2D eigenvalue weighted by Crippen LogP contribution is 2.08. The minimum atomic E-state index is -1.65. The molecule has 0 bridgehead atoms. The van der Waals surface area contributed by atoms with E-state index in [1.807, 2.05) is 18.2 Å². The Morgan fingerprint density at radius 3 is 2.48 bits per heavy atom. The average molecular weight is 288 g/mol. The summed E-state index contributed by atoms with van der Waals surface area (Å²) in [6, 6.07) is 14.2. The molecule has 0 heterocycles. The van der Waals surface area contributed by atoms with Crippen molar-refractivity contribution >= 4 is 12.6 Å². The van der Waals surface area contributed by atoms with Gasteiger partial charge in [-0.1, -0.05) is 42.5 Å². The number of halogens is 1. The van der Waals surface area contributed by atoms with Gasteiger partial charge in [0, 0.05) is 12.2 Å². The first kappa shape index (κ1) is 15.7. The lowest BCUT2D eigenvalue weighted by molar-refractivity contribution is 0.116. The summed E-state index contributed by atoms with van der Waals surface area (Å²) in [5.74, 6) is -0.483. The Labute approximate surface area is 124 Å². The molecule has 2 aromatic rings. The Bertz CT molecular complexity index is 561. The Hall–Kier alpha value is -1.69. The second-order valence-electron chi connectivity index (χ2n) is 4.87. The van der Waals surface area contributed by atoms with Gasteiger partial charge >= 0.3 is 7.12 Å². The number of ether oxygens (including phenoxy) is 1. The van der Waals surface area contributed by atoms with Crippen LogP contribution < -0.4 is 5.46 Å². The summed E-state index contributed by atoms with van der Waals surface area (Å²) in [6.45, 7) is 0.737. The predicted molar refractivity (Wildman–Crippen MR) is 80.6 cm³/mol. The van der Waals surface area contributed by atoms with Crippen molar-refractivity contribution < 1.29 is 19.2 Å². The molecule has 0 aliphatic carbocycles. The largest absolute Gasteiger partial charge is 0.488 e. The molecule has 0 amide bonds. The highest BCUT2D eigenvalue weighted by molar-refractivity contribution is 6.58. The van der Waals surface area contributed by atoms with Crippen LogP contribution in [0.4, 0.5) is 4.39 Å². The zero-order chi connectivity index (χ0) is 15.1. The van der Waals surface area contributed by atoms with Gasteiger partial charge in [0.1, 0.15) is 5.82 Å². The molecule has 2 N–H and O–H groups in total. The summed E-state index contributed by atoms with van der Waals surface area (Å²) in [5, 5.41) is 17.9. The summed E-state index contributed by atoms with van der Waals surface area (Å²) < 4.78 is 19.1. The van der Waals surface area contributed by atoms with E-state index in [-0.39, 0.29) is 12.1 Å². The molecular weight excluding hydrogens is 270 g/mol. The zero-order valence-electron chi connectivity index (χ0n) is 11.7. The smallest absolute Gasteiger partial charge is 0.423 e. The van der Waals surface area contributed by atoms with E-state index in [1.54, 1.807) is 0 Å². The molecule has 0 saturated carbocycles. The van der Waals surface area contributed by atoms with Crippen LogP contribution in [0.2, 0.25) is 0 Å². The first-order chi connectivity index (χ1) is 10.2. The van der Waals surface area contributed by atoms with Gasteiger partial charge < -0.3 is 14.8 Å². The van der Waals surface area contributed by atoms with Crippen LogP contribution >= 0.6 is 0 Å². The molecule has 0 radical (unpaired) electrons. The minimum absolute atomic E-state index is 0.139. The lowest BCUT2D eigenvalue weighted by atomic mass is 9.80. The maximum Gasteiger partial charge on any atom is 0.488 e. The Balaban J connectivity index is 1.74. The molecule has 0 aliphatic heterocycles. The molecule has 21 heavy (non-hydrogen) atoms. The number of benzene rings is 2. The van der Waals surface area contributed by atoms with E-state index in [0.717, 1.165) is 18.9 Å². The standard InChI is InChI=1S/C16H18BFO3/c18-16-11-15(17(19)20)9-8-14(16)12-21-10-4-7-13-5-2-1-3-6-13/h1-3,5-6,8-9,11,19-20H,4,7,10,12H2. The van der Waals surface area contributed by atoms with Crippen molar-refractivity contribution in [1.29, 1.82) is 0 Å². The van der Waals surface area contributed by atoms with Gasteiger partial charge in [-0.3, -0.25) is 0 Å². The summed E-state index contributed by atoms with van der Waals surface area (Å²) >= 11 is 0. The van der Waals surface area contributed by atoms with Gasteiger partial charge in [-0.2, -0.15) is 0 Å². The van der Waals surface area contributed by atoms with Crippen LogP contribution in [0.1, 0.15) is 17.5 Å². The molecule has 0 saturated heterocycles. The van der Waals surface area contributed by atoms with E-state index < -0.39 is 12.9 Å². The predicted octanol–water partition coefficient (Wildman–Crippen LogP) is 1.65. The lowest BCUT2D eigenvalue weighted by Gasteiger charge is -2.07. The van der Waals surface area contributed by atoms with Crippen LogP contribution in [0.3, 0.4) is 0 Å². The van der Waals surface area contributed by atoms with Crippen LogP contribution in [0.5, 0.6) is 0 Å². The molecule has 5 heteroatoms. The molecule has 2 rings (SSSR count). The fourth-order valence-corrected chi connectivity index (χ4v) is 2.05. The summed E-state index contributed by atoms with van der Waals surface area (Å²) in [7, 11) is -1.65. The number of aryl methyl sites for hydroxylation is 1. The second kappa shape index (κ2) is 7.93. The van der Waals surface area contributed by atoms with Crippen LogP contribution in [0.15, 0.2) is 48.5 Å². The Kier molecular flexibility index (Phi) is 5.93. The van der Waals surface area contributed by atoms with E-state index in [4.69, 9.17) is 14.8 Å². The maximum atomic E-state index is 13.7. The summed E-state index contributed by atoms with van der Waals surface area (Å²) in [6.07, 6.45) is 1.80. The van der Waals surface area contributed by atoms with Crippen molar-refractivity contribution in [3.63, 3.8) is 0 Å². The van der Waals surface area contributed by atoms with Gasteiger partial charge in [-0.15, -0.1) is 0 Å². The van der Waals surface area contributed by atoms with Crippen LogP contribution in [-0.2, 0) is 17.8 Å². The van der Waals surface area contributed by atoms with Crippen molar-refractivity contribution in [3.8, 4) is 0 Å². The van der Waals surface area contributed by atoms with Crippen molar-refractivity contribution in [2.75, 3.05) is 6.61 Å². The fraction of sp³-hybridized carbons (Fsp3) is 0.250. The molecule has 0 spiro atoms. The van der Waals surface area contributed by atoms with Gasteiger partial charge in [0.05, 0.1) is 6.61 Å². The zero-order valence-corrected chi connectivity index (χ0v) is 11.7. The fourth-order valence-electron chi connectivity index (χ4n) is 2.05. The van der Waals surface area contributed by atoms with E-state index in [9.17, 15) is 4.39 Å². The van der Waals surface area contributed by atoms with Gasteiger partial charge in [0.15, 0.2) is 0 Å². The SMILES string of the molecule is OB(O)c1ccc(COCCCc2ccccc2)c(F)c1. The van der Waals surface area contributed by atoms with Crippen molar-refractivity contribution in [2.24, 2.45) is 0 Å². The van der Waals surface area contributed by atoms with Crippen LogP contribution in [0.25, 0.3) is 0 Å². The number of hydrogen-bond acceptors (Lipinski definition) is 3. The van der Waals surface area contributed by atoms with E-state index in [0.29, 0.717) is 12.2 Å². The third kappa shape index (κ3) is 4.97. The van der Waals surface area contributed by atoms with Gasteiger partial charge in [0.25, 0.3) is 0 Å². The molecule has 0 fully saturated rings. The maximum absolute atomic E-state index is 13.7. The van der Waals surface area contributed by atoms with E-state index in [1.165, 1.54) is 17.7 Å². The third-order valence-corrected chi connectivity index (χ3v) is 3.23. The summed E-state index contributed by atoms with van der Waals surface area (Å²) in [4.78, 5) is 0. The first-order valence-corrected chi connectivity index (χ1v) is 6.93. The van der Waals surface area contributed by atoms with E-state index >= 15 is 0 Å². The monoisotopic (exact) mass is 288 g/mol. The lowest BCUT2D eigenvalue weighted by Crippen LogP contribution is -2.30. The van der Waals surface area contributed by atoms with Crippen molar-refractivity contribution in [3.05, 3.63) is 65.5 Å². The number of rotatable bonds is 7. The highest BCUT2D eigenvalue weighted by Gasteiger charge is 2.13. The molecule has 3 nitrogen and oxygen atoms in total. The van der Waals surface area contributed by atoms with E-state index in [2.05, 4.69) is 12.1 Å². The Morgan fingerprint density at radius 2 is 1.81 bits per heavy atom. The van der Waals surface area contributed by atoms with Gasteiger partial charge in [-0.25, -0.2) is 4.39 Å². The number of hydrogen-bond donors (Lipinski definition) is 2. The topological polar surface area (TPSA) is 49.7 Å². The quantitative estimate of drug-likeness (QED) is 0.601. The molecule has 0 atom stereocenters. The van der Waals surface area contributed by atoms with Gasteiger partial charge in [0.2, 0.25) is 0 Å². The highest BCUT2D eigenvalue weighted by atomic mass is 19.1. The summed E-state index contributed by atoms with van der Waals surface area (Å²) in [5.41, 5.74) is 1.81. The Morgan fingerprint density at radius 1 is 1.05 bits per heavy atom. The second-order valence-corrected chi connectivity index (χ2v) is 4.87. The van der Waals surface area contributed by atoms with Crippen molar-refractivity contribution in [1.82, 2.24) is 0 Å².